The molecule has 1 aromatic heterocycles. The van der Waals surface area contributed by atoms with E-state index in [1.54, 1.807) is 12.1 Å². The van der Waals surface area contributed by atoms with E-state index in [2.05, 4.69) is 5.32 Å². The number of hydrogen-bond acceptors (Lipinski definition) is 3. The van der Waals surface area contributed by atoms with Crippen LogP contribution in [0.3, 0.4) is 0 Å². The van der Waals surface area contributed by atoms with Crippen LogP contribution in [0.15, 0.2) is 24.3 Å². The molecule has 1 aromatic carbocycles. The molecule has 0 spiro atoms. The third-order valence-corrected chi connectivity index (χ3v) is 5.49. The van der Waals surface area contributed by atoms with Crippen LogP contribution in [0.5, 0.6) is 0 Å². The molecule has 0 saturated heterocycles. The molecule has 1 N–H and O–H groups in total. The van der Waals surface area contributed by atoms with E-state index in [9.17, 15) is 4.39 Å². The smallest absolute Gasteiger partial charge is 0.123 e. The van der Waals surface area contributed by atoms with Gasteiger partial charge in [0.2, 0.25) is 0 Å². The van der Waals surface area contributed by atoms with Crippen molar-refractivity contribution in [3.63, 3.8) is 0 Å². The Kier molecular flexibility index (Phi) is 3.51. The standard InChI is InChI=1S/C17H19FN2S/c18-12-5-3-4-11(10-12)16(19-13-8-9-13)17-20-14-6-1-2-7-15(14)21-17/h3-5,10,13,16,19H,1-2,6-9H2. The van der Waals surface area contributed by atoms with Gasteiger partial charge in [-0.05, 0) is 56.2 Å². The summed E-state index contributed by atoms with van der Waals surface area (Å²) < 4.78 is 13.6. The van der Waals surface area contributed by atoms with E-state index in [1.807, 2.05) is 17.4 Å². The molecule has 1 unspecified atom stereocenters. The normalized spacial score (nSPS) is 19.3. The highest BCUT2D eigenvalue weighted by atomic mass is 32.1. The summed E-state index contributed by atoms with van der Waals surface area (Å²) in [5, 5.41) is 4.75. The van der Waals surface area contributed by atoms with Crippen molar-refractivity contribution in [2.75, 3.05) is 0 Å². The average Bonchev–Trinajstić information content (AvgIpc) is 3.21. The fourth-order valence-electron chi connectivity index (χ4n) is 2.98. The summed E-state index contributed by atoms with van der Waals surface area (Å²) in [5.41, 5.74) is 2.27. The number of fused-ring (bicyclic) bond motifs is 1. The summed E-state index contributed by atoms with van der Waals surface area (Å²) in [7, 11) is 0. The van der Waals surface area contributed by atoms with Gasteiger partial charge in [0.1, 0.15) is 10.8 Å². The van der Waals surface area contributed by atoms with Gasteiger partial charge in [-0.15, -0.1) is 11.3 Å². The van der Waals surface area contributed by atoms with Crippen molar-refractivity contribution < 1.29 is 4.39 Å². The van der Waals surface area contributed by atoms with Gasteiger partial charge in [-0.3, -0.25) is 0 Å². The molecule has 4 heteroatoms. The summed E-state index contributed by atoms with van der Waals surface area (Å²) in [5.74, 6) is -0.170. The van der Waals surface area contributed by atoms with Crippen molar-refractivity contribution >= 4 is 11.3 Å². The maximum Gasteiger partial charge on any atom is 0.123 e. The molecule has 1 saturated carbocycles. The number of thiazole rings is 1. The van der Waals surface area contributed by atoms with Gasteiger partial charge < -0.3 is 5.32 Å². The minimum Gasteiger partial charge on any atom is -0.301 e. The number of aryl methyl sites for hydroxylation is 2. The minimum absolute atomic E-state index is 0.0452. The first-order valence-corrected chi connectivity index (χ1v) is 8.61. The number of nitrogens with one attached hydrogen (secondary N) is 1. The minimum atomic E-state index is -0.170. The highest BCUT2D eigenvalue weighted by molar-refractivity contribution is 7.11. The predicted octanol–water partition coefficient (Wildman–Crippen LogP) is 4.00. The van der Waals surface area contributed by atoms with Crippen molar-refractivity contribution in [2.45, 2.75) is 50.6 Å². The topological polar surface area (TPSA) is 24.9 Å². The predicted molar refractivity (Wildman–Crippen MR) is 83.2 cm³/mol. The monoisotopic (exact) mass is 302 g/mol. The van der Waals surface area contributed by atoms with Crippen molar-refractivity contribution in [1.29, 1.82) is 0 Å². The largest absolute Gasteiger partial charge is 0.301 e. The van der Waals surface area contributed by atoms with Crippen LogP contribution < -0.4 is 5.32 Å². The first kappa shape index (κ1) is 13.4. The number of benzene rings is 1. The summed E-state index contributed by atoms with van der Waals surface area (Å²) in [6, 6.07) is 7.55. The Bertz CT molecular complexity index is 624. The van der Waals surface area contributed by atoms with E-state index in [0.717, 1.165) is 23.4 Å². The molecular weight excluding hydrogens is 283 g/mol. The molecule has 0 amide bonds. The number of aromatic nitrogens is 1. The SMILES string of the molecule is Fc1cccc(C(NC2CC2)c2nc3c(s2)CCCC3)c1. The van der Waals surface area contributed by atoms with Crippen LogP contribution in [0.2, 0.25) is 0 Å². The van der Waals surface area contributed by atoms with E-state index >= 15 is 0 Å². The molecule has 0 radical (unpaired) electrons. The Morgan fingerprint density at radius 1 is 1.24 bits per heavy atom. The van der Waals surface area contributed by atoms with Gasteiger partial charge >= 0.3 is 0 Å². The van der Waals surface area contributed by atoms with Gasteiger partial charge in [0, 0.05) is 10.9 Å². The lowest BCUT2D eigenvalue weighted by Crippen LogP contribution is -2.24. The molecule has 2 aliphatic rings. The Morgan fingerprint density at radius 3 is 2.86 bits per heavy atom. The Balaban J connectivity index is 1.69. The quantitative estimate of drug-likeness (QED) is 0.923. The van der Waals surface area contributed by atoms with E-state index < -0.39 is 0 Å². The molecule has 0 bridgehead atoms. The maximum atomic E-state index is 13.6. The van der Waals surface area contributed by atoms with E-state index in [0.29, 0.717) is 6.04 Å². The van der Waals surface area contributed by atoms with Gasteiger partial charge in [-0.25, -0.2) is 9.37 Å². The van der Waals surface area contributed by atoms with Crippen LogP contribution >= 0.6 is 11.3 Å². The lowest BCUT2D eigenvalue weighted by atomic mass is 10.0. The van der Waals surface area contributed by atoms with Gasteiger partial charge in [0.05, 0.1) is 11.7 Å². The van der Waals surface area contributed by atoms with Crippen LogP contribution in [0.1, 0.15) is 52.9 Å². The van der Waals surface area contributed by atoms with Crippen molar-refractivity contribution in [3.05, 3.63) is 51.2 Å². The fraction of sp³-hybridized carbons (Fsp3) is 0.471. The van der Waals surface area contributed by atoms with Gasteiger partial charge in [-0.1, -0.05) is 12.1 Å². The molecule has 0 aliphatic heterocycles. The van der Waals surface area contributed by atoms with Crippen molar-refractivity contribution in [2.24, 2.45) is 0 Å². The first-order chi connectivity index (χ1) is 10.3. The molecule has 21 heavy (non-hydrogen) atoms. The average molecular weight is 302 g/mol. The molecular formula is C17H19FN2S. The molecule has 2 aliphatic carbocycles. The second kappa shape index (κ2) is 5.50. The highest BCUT2D eigenvalue weighted by Gasteiger charge is 2.29. The zero-order valence-electron chi connectivity index (χ0n) is 11.9. The van der Waals surface area contributed by atoms with Gasteiger partial charge in [0.15, 0.2) is 0 Å². The van der Waals surface area contributed by atoms with Gasteiger partial charge in [-0.2, -0.15) is 0 Å². The highest BCUT2D eigenvalue weighted by Crippen LogP contribution is 2.35. The lowest BCUT2D eigenvalue weighted by molar-refractivity contribution is 0.582. The lowest BCUT2D eigenvalue weighted by Gasteiger charge is -2.16. The third-order valence-electron chi connectivity index (χ3n) is 4.27. The molecule has 1 fully saturated rings. The first-order valence-electron chi connectivity index (χ1n) is 7.79. The van der Waals surface area contributed by atoms with E-state index in [4.69, 9.17) is 4.98 Å². The Labute approximate surface area is 128 Å². The van der Waals surface area contributed by atoms with Crippen LogP contribution in [0.25, 0.3) is 0 Å². The molecule has 1 atom stereocenters. The second-order valence-electron chi connectivity index (χ2n) is 6.06. The van der Waals surface area contributed by atoms with E-state index in [1.165, 1.54) is 42.3 Å². The molecule has 1 heterocycles. The second-order valence-corrected chi connectivity index (χ2v) is 7.17. The van der Waals surface area contributed by atoms with Crippen LogP contribution in [0, 0.1) is 5.82 Å². The summed E-state index contributed by atoms with van der Waals surface area (Å²) in [6.45, 7) is 0. The zero-order chi connectivity index (χ0) is 14.2. The summed E-state index contributed by atoms with van der Waals surface area (Å²) in [4.78, 5) is 6.31. The number of halogens is 1. The Hall–Kier alpha value is -1.26. The number of hydrogen-bond donors (Lipinski definition) is 1. The molecule has 4 rings (SSSR count). The number of rotatable bonds is 4. The van der Waals surface area contributed by atoms with Gasteiger partial charge in [0.25, 0.3) is 0 Å². The maximum absolute atomic E-state index is 13.6. The third kappa shape index (κ3) is 2.87. The van der Waals surface area contributed by atoms with E-state index in [-0.39, 0.29) is 11.9 Å². The van der Waals surface area contributed by atoms with Crippen LogP contribution in [-0.2, 0) is 12.8 Å². The van der Waals surface area contributed by atoms with Crippen molar-refractivity contribution in [3.8, 4) is 0 Å². The van der Waals surface area contributed by atoms with Crippen LogP contribution in [0.4, 0.5) is 4.39 Å². The summed E-state index contributed by atoms with van der Waals surface area (Å²) in [6.07, 6.45) is 7.22. The Morgan fingerprint density at radius 2 is 2.10 bits per heavy atom. The molecule has 2 aromatic rings. The molecule has 2 nitrogen and oxygen atoms in total. The number of nitrogens with zero attached hydrogens (tertiary/aromatic N) is 1. The van der Waals surface area contributed by atoms with Crippen molar-refractivity contribution in [1.82, 2.24) is 10.3 Å². The zero-order valence-corrected chi connectivity index (χ0v) is 12.8. The summed E-state index contributed by atoms with van der Waals surface area (Å²) >= 11 is 1.82. The fourth-order valence-corrected chi connectivity index (χ4v) is 4.22. The molecule has 110 valence electrons. The van der Waals surface area contributed by atoms with Crippen LogP contribution in [-0.4, -0.2) is 11.0 Å².